The van der Waals surface area contributed by atoms with Crippen LogP contribution < -0.4 is 10.3 Å². The zero-order valence-corrected chi connectivity index (χ0v) is 18.2. The van der Waals surface area contributed by atoms with Gasteiger partial charge in [-0.1, -0.05) is 77.2 Å². The van der Waals surface area contributed by atoms with Crippen LogP contribution in [-0.4, -0.2) is 11.3 Å². The van der Waals surface area contributed by atoms with E-state index in [-0.39, 0.29) is 0 Å². The van der Waals surface area contributed by atoms with Gasteiger partial charge in [-0.25, -0.2) is 0 Å². The predicted molar refractivity (Wildman–Crippen MR) is 118 cm³/mol. The Hall–Kier alpha value is -1.37. The quantitative estimate of drug-likeness (QED) is 0.253. The van der Waals surface area contributed by atoms with Gasteiger partial charge in [-0.05, 0) is 24.6 Å². The molecule has 1 aliphatic rings. The Morgan fingerprint density at radius 2 is 1.55 bits per heavy atom. The van der Waals surface area contributed by atoms with Gasteiger partial charge in [0.1, 0.15) is 5.84 Å². The second-order valence-electron chi connectivity index (χ2n) is 7.73. The van der Waals surface area contributed by atoms with Crippen molar-refractivity contribution in [3.05, 3.63) is 29.8 Å². The van der Waals surface area contributed by atoms with Crippen LogP contribution >= 0.6 is 12.6 Å². The van der Waals surface area contributed by atoms with Crippen molar-refractivity contribution in [1.82, 2.24) is 5.43 Å². The molecular formula is C22H34F3N3S. The lowest BCUT2D eigenvalue weighted by atomic mass is 10.0. The van der Waals surface area contributed by atoms with Crippen LogP contribution in [0, 0.1) is 0 Å². The first-order chi connectivity index (χ1) is 13.9. The molecule has 1 heterocycles. The van der Waals surface area contributed by atoms with Gasteiger partial charge in [0.05, 0.1) is 5.56 Å². The second kappa shape index (κ2) is 12.4. The average molecular weight is 430 g/mol. The number of rotatable bonds is 13. The number of unbranched alkanes of at least 4 members (excludes halogenated alkanes) is 10. The van der Waals surface area contributed by atoms with Crippen molar-refractivity contribution in [2.75, 3.05) is 4.90 Å². The lowest BCUT2D eigenvalue weighted by Crippen LogP contribution is -2.36. The normalized spacial score (nSPS) is 16.8. The first-order valence-electron chi connectivity index (χ1n) is 10.9. The smallest absolute Gasteiger partial charge is 0.297 e. The van der Waals surface area contributed by atoms with Gasteiger partial charge in [0.25, 0.3) is 0 Å². The van der Waals surface area contributed by atoms with E-state index in [2.05, 4.69) is 30.1 Å². The monoisotopic (exact) mass is 429 g/mol. The van der Waals surface area contributed by atoms with E-state index < -0.39 is 17.2 Å². The largest absolute Gasteiger partial charge is 0.416 e. The van der Waals surface area contributed by atoms with Gasteiger partial charge in [-0.3, -0.25) is 10.3 Å². The van der Waals surface area contributed by atoms with Crippen molar-refractivity contribution < 1.29 is 13.2 Å². The Kier molecular flexibility index (Phi) is 10.2. The molecule has 0 radical (unpaired) electrons. The maximum atomic E-state index is 13.0. The Morgan fingerprint density at radius 1 is 0.966 bits per heavy atom. The number of amidine groups is 1. The molecule has 0 amide bonds. The number of alkyl halides is 3. The summed E-state index contributed by atoms with van der Waals surface area (Å²) < 4.78 is 39.1. The van der Waals surface area contributed by atoms with E-state index >= 15 is 0 Å². The zero-order valence-electron chi connectivity index (χ0n) is 17.3. The number of nitrogens with one attached hydrogen (secondary N) is 1. The number of thiol groups is 1. The average Bonchev–Trinajstić information content (AvgIpc) is 3.06. The fraction of sp³-hybridized carbons (Fsp3) is 0.682. The SMILES string of the molecule is CCCCCCCCCCCCCC1=NNC(S)N1c1cccc(C(F)(F)F)c1. The molecule has 1 unspecified atom stereocenters. The third kappa shape index (κ3) is 8.11. The van der Waals surface area contributed by atoms with Crippen molar-refractivity contribution in [2.24, 2.45) is 5.10 Å². The molecule has 0 spiro atoms. The summed E-state index contributed by atoms with van der Waals surface area (Å²) in [6, 6.07) is 5.34. The standard InChI is InChI=1S/C22H34F3N3S/c1-2-3-4-5-6-7-8-9-10-11-12-16-20-26-27-21(29)28(20)19-15-13-14-18(17-19)22(23,24)25/h13-15,17,21,27,29H,2-12,16H2,1H3. The molecule has 0 aliphatic carbocycles. The van der Waals surface area contributed by atoms with E-state index in [0.29, 0.717) is 5.69 Å². The molecule has 164 valence electrons. The van der Waals surface area contributed by atoms with E-state index in [4.69, 9.17) is 0 Å². The highest BCUT2D eigenvalue weighted by Crippen LogP contribution is 2.33. The van der Waals surface area contributed by atoms with Crippen LogP contribution in [0.15, 0.2) is 29.4 Å². The van der Waals surface area contributed by atoms with Crippen LogP contribution in [0.3, 0.4) is 0 Å². The Balaban J connectivity index is 1.70. The van der Waals surface area contributed by atoms with Crippen molar-refractivity contribution in [3.8, 4) is 0 Å². The van der Waals surface area contributed by atoms with Crippen LogP contribution in [0.2, 0.25) is 0 Å². The topological polar surface area (TPSA) is 27.6 Å². The number of benzene rings is 1. The molecule has 7 heteroatoms. The van der Waals surface area contributed by atoms with E-state index in [1.54, 1.807) is 11.0 Å². The van der Waals surface area contributed by atoms with Gasteiger partial charge in [-0.2, -0.15) is 18.3 Å². The summed E-state index contributed by atoms with van der Waals surface area (Å²) in [5, 5.41) is 4.28. The van der Waals surface area contributed by atoms with Crippen molar-refractivity contribution in [2.45, 2.75) is 95.6 Å². The molecule has 0 saturated heterocycles. The maximum Gasteiger partial charge on any atom is 0.416 e. The van der Waals surface area contributed by atoms with E-state index in [9.17, 15) is 13.2 Å². The molecule has 0 saturated carbocycles. The van der Waals surface area contributed by atoms with Gasteiger partial charge >= 0.3 is 6.18 Å². The molecule has 1 aliphatic heterocycles. The highest BCUT2D eigenvalue weighted by atomic mass is 32.1. The molecule has 29 heavy (non-hydrogen) atoms. The van der Waals surface area contributed by atoms with Crippen LogP contribution in [0.25, 0.3) is 0 Å². The van der Waals surface area contributed by atoms with Crippen LogP contribution in [0.5, 0.6) is 0 Å². The van der Waals surface area contributed by atoms with Crippen molar-refractivity contribution in [3.63, 3.8) is 0 Å². The van der Waals surface area contributed by atoms with Crippen molar-refractivity contribution >= 4 is 24.2 Å². The third-order valence-electron chi connectivity index (χ3n) is 5.29. The van der Waals surface area contributed by atoms with Gasteiger partial charge < -0.3 is 0 Å². The lowest BCUT2D eigenvalue weighted by Gasteiger charge is -2.24. The molecule has 0 aromatic heterocycles. The van der Waals surface area contributed by atoms with E-state index in [0.717, 1.165) is 37.2 Å². The molecule has 0 fully saturated rings. The molecule has 0 bridgehead atoms. The first kappa shape index (κ1) is 23.9. The summed E-state index contributed by atoms with van der Waals surface area (Å²) >= 11 is 4.42. The third-order valence-corrected chi connectivity index (χ3v) is 5.63. The zero-order chi connectivity index (χ0) is 21.1. The lowest BCUT2D eigenvalue weighted by molar-refractivity contribution is -0.137. The number of hydrogen-bond acceptors (Lipinski definition) is 4. The highest BCUT2D eigenvalue weighted by molar-refractivity contribution is 7.81. The molecule has 1 aromatic rings. The maximum absolute atomic E-state index is 13.0. The summed E-state index contributed by atoms with van der Waals surface area (Å²) in [7, 11) is 0. The summed E-state index contributed by atoms with van der Waals surface area (Å²) in [6.07, 6.45) is 10.2. The highest BCUT2D eigenvalue weighted by Gasteiger charge is 2.32. The minimum Gasteiger partial charge on any atom is -0.297 e. The first-order valence-corrected chi connectivity index (χ1v) is 11.4. The van der Waals surface area contributed by atoms with Crippen LogP contribution in [-0.2, 0) is 6.18 Å². The van der Waals surface area contributed by atoms with Gasteiger partial charge in [0.15, 0.2) is 5.50 Å². The van der Waals surface area contributed by atoms with Crippen LogP contribution in [0.1, 0.15) is 89.5 Å². The van der Waals surface area contributed by atoms with Gasteiger partial charge in [0, 0.05) is 12.1 Å². The minimum absolute atomic E-state index is 0.443. The Bertz CT molecular complexity index is 634. The number of anilines is 1. The number of nitrogens with zero attached hydrogens (tertiary/aromatic N) is 2. The summed E-state index contributed by atoms with van der Waals surface area (Å²) in [5.41, 5.74) is 2.23. The minimum atomic E-state index is -4.36. The Morgan fingerprint density at radius 3 is 2.14 bits per heavy atom. The van der Waals surface area contributed by atoms with Gasteiger partial charge in [-0.15, -0.1) is 12.6 Å². The molecular weight excluding hydrogens is 395 g/mol. The van der Waals surface area contributed by atoms with Crippen LogP contribution in [0.4, 0.5) is 18.9 Å². The Labute approximate surface area is 178 Å². The molecule has 1 N–H and O–H groups in total. The number of halogens is 3. The molecule has 3 nitrogen and oxygen atoms in total. The predicted octanol–water partition coefficient (Wildman–Crippen LogP) is 7.34. The molecule has 1 atom stereocenters. The number of hydrogen-bond donors (Lipinski definition) is 2. The summed E-state index contributed by atoms with van der Waals surface area (Å²) in [6.45, 7) is 2.24. The summed E-state index contributed by atoms with van der Waals surface area (Å²) in [5.74, 6) is 0.750. The van der Waals surface area contributed by atoms with E-state index in [1.807, 2.05) is 0 Å². The van der Waals surface area contributed by atoms with E-state index in [1.165, 1.54) is 63.9 Å². The molecule has 2 rings (SSSR count). The number of hydrazone groups is 1. The van der Waals surface area contributed by atoms with Gasteiger partial charge in [0.2, 0.25) is 0 Å². The fourth-order valence-electron chi connectivity index (χ4n) is 3.63. The van der Waals surface area contributed by atoms with Crippen molar-refractivity contribution in [1.29, 1.82) is 0 Å². The fourth-order valence-corrected chi connectivity index (χ4v) is 3.96. The second-order valence-corrected chi connectivity index (χ2v) is 8.22. The summed E-state index contributed by atoms with van der Waals surface area (Å²) in [4.78, 5) is 1.74. The molecule has 1 aromatic carbocycles.